The summed E-state index contributed by atoms with van der Waals surface area (Å²) in [6, 6.07) is 5.50. The number of rotatable bonds is 8. The number of hydrogen-bond acceptors (Lipinski definition) is 0. The van der Waals surface area contributed by atoms with Crippen LogP contribution in [0.15, 0.2) is 50.6 Å². The van der Waals surface area contributed by atoms with E-state index in [-0.39, 0.29) is 0 Å². The zero-order valence-electron chi connectivity index (χ0n) is 8.34. The van der Waals surface area contributed by atoms with Gasteiger partial charge in [0, 0.05) is 0 Å². The molecule has 0 N–H and O–H groups in total. The Morgan fingerprint density at radius 3 is 1.85 bits per heavy atom. The molecule has 0 aliphatic rings. The van der Waals surface area contributed by atoms with Crippen LogP contribution in [0.25, 0.3) is 0 Å². The third-order valence-electron chi connectivity index (χ3n) is 2.12. The van der Waals surface area contributed by atoms with Crippen molar-refractivity contribution in [2.75, 3.05) is 0 Å². The summed E-state index contributed by atoms with van der Waals surface area (Å²) < 4.78 is 0. The van der Waals surface area contributed by atoms with Crippen molar-refractivity contribution in [3.8, 4) is 0 Å². The van der Waals surface area contributed by atoms with Gasteiger partial charge in [-0.2, -0.15) is 0 Å². The Morgan fingerprint density at radius 2 is 1.54 bits per heavy atom. The average Bonchev–Trinajstić information content (AvgIpc) is 2.06. The highest BCUT2D eigenvalue weighted by molar-refractivity contribution is 6.84. The maximum absolute atomic E-state index is 3.80. The molecule has 13 heavy (non-hydrogen) atoms. The number of hydrogen-bond donors (Lipinski definition) is 0. The molecule has 0 atom stereocenters. The van der Waals surface area contributed by atoms with Crippen LogP contribution in [0.2, 0.25) is 18.1 Å². The van der Waals surface area contributed by atoms with Crippen LogP contribution in [0.4, 0.5) is 0 Å². The van der Waals surface area contributed by atoms with E-state index in [0.717, 1.165) is 18.1 Å². The van der Waals surface area contributed by atoms with Crippen LogP contribution in [0.1, 0.15) is 0 Å². The normalized spacial score (nSPS) is 10.5. The van der Waals surface area contributed by atoms with Crippen LogP contribution < -0.4 is 0 Å². The van der Waals surface area contributed by atoms with Gasteiger partial charge in [0.1, 0.15) is 0 Å². The molecule has 71 valence electrons. The maximum Gasteiger partial charge on any atom is 0.0719 e. The molecule has 1 heteroatoms. The Balaban J connectivity index is 4.53. The average molecular weight is 193 g/mol. The van der Waals surface area contributed by atoms with Gasteiger partial charge in [-0.25, -0.2) is 0 Å². The summed E-state index contributed by atoms with van der Waals surface area (Å²) in [6.45, 7) is 15.2. The molecule has 0 heterocycles. The molecule has 1 radical (unpaired) electrons. The summed E-state index contributed by atoms with van der Waals surface area (Å²) in [5.41, 5.74) is 0. The van der Waals surface area contributed by atoms with Gasteiger partial charge in [-0.1, -0.05) is 24.3 Å². The number of allylic oxidation sites excluding steroid dienone is 4. The van der Waals surface area contributed by atoms with E-state index in [1.807, 2.05) is 24.3 Å². The Bertz CT molecular complexity index is 146. The topological polar surface area (TPSA) is 0 Å². The van der Waals surface area contributed by atoms with E-state index >= 15 is 0 Å². The zero-order valence-corrected chi connectivity index (χ0v) is 9.34. The maximum atomic E-state index is 3.80. The minimum absolute atomic E-state index is 1.08. The summed E-state index contributed by atoms with van der Waals surface area (Å²) in [5.74, 6) is 0. The Kier molecular flexibility index (Phi) is 6.24. The van der Waals surface area contributed by atoms with Crippen LogP contribution in [0, 0.1) is 6.04 Å². The van der Waals surface area contributed by atoms with Crippen molar-refractivity contribution >= 4 is 8.07 Å². The minimum atomic E-state index is -1.39. The molecule has 0 aliphatic carbocycles. The second kappa shape index (κ2) is 6.67. The lowest BCUT2D eigenvalue weighted by atomic mass is 10.7. The molecule has 0 rings (SSSR count). The highest BCUT2D eigenvalue weighted by Crippen LogP contribution is 2.25. The molecule has 0 spiro atoms. The van der Waals surface area contributed by atoms with Gasteiger partial charge in [0.25, 0.3) is 0 Å². The first-order valence-electron chi connectivity index (χ1n) is 4.54. The van der Waals surface area contributed by atoms with E-state index in [9.17, 15) is 0 Å². The Labute approximate surface area is 83.4 Å². The van der Waals surface area contributed by atoms with E-state index in [1.54, 1.807) is 0 Å². The van der Waals surface area contributed by atoms with Crippen molar-refractivity contribution in [2.45, 2.75) is 18.1 Å². The van der Waals surface area contributed by atoms with E-state index in [1.165, 1.54) is 0 Å². The monoisotopic (exact) mass is 193 g/mol. The molecule has 0 saturated heterocycles. The van der Waals surface area contributed by atoms with Crippen molar-refractivity contribution in [2.24, 2.45) is 0 Å². The van der Waals surface area contributed by atoms with Crippen LogP contribution in [-0.4, -0.2) is 8.07 Å². The summed E-state index contributed by atoms with van der Waals surface area (Å²) >= 11 is 0. The van der Waals surface area contributed by atoms with Gasteiger partial charge in [-0.05, 0) is 24.2 Å². The highest BCUT2D eigenvalue weighted by atomic mass is 28.3. The van der Waals surface area contributed by atoms with Crippen LogP contribution in [0.3, 0.4) is 0 Å². The SMILES string of the molecule is C=C[CH][Si](CC=C)(CC=C)[14CH2]C=C. The fourth-order valence-corrected chi connectivity index (χ4v) is 4.70. The van der Waals surface area contributed by atoms with Crippen LogP contribution >= 0.6 is 0 Å². The summed E-state index contributed by atoms with van der Waals surface area (Å²) in [5, 5.41) is 0. The van der Waals surface area contributed by atoms with Gasteiger partial charge in [-0.3, -0.25) is 0 Å². The molecular weight excluding hydrogens is 174 g/mol. The largest absolute Gasteiger partial charge is 0.103 e. The lowest BCUT2D eigenvalue weighted by molar-refractivity contribution is 1.36. The van der Waals surface area contributed by atoms with E-state index in [0.29, 0.717) is 0 Å². The smallest absolute Gasteiger partial charge is 0.0719 e. The molecule has 0 saturated carbocycles. The molecule has 0 nitrogen and oxygen atoms in total. The molecule has 0 aromatic rings. The summed E-state index contributed by atoms with van der Waals surface area (Å²) in [7, 11) is -1.39. The second-order valence-electron chi connectivity index (χ2n) is 3.24. The highest BCUT2D eigenvalue weighted by Gasteiger charge is 2.27. The van der Waals surface area contributed by atoms with Crippen LogP contribution in [-0.2, 0) is 0 Å². The fraction of sp³-hybridized carbons (Fsp3) is 0.250. The van der Waals surface area contributed by atoms with E-state index < -0.39 is 8.07 Å². The predicted molar refractivity (Wildman–Crippen MR) is 65.3 cm³/mol. The van der Waals surface area contributed by atoms with Crippen molar-refractivity contribution in [1.82, 2.24) is 0 Å². The van der Waals surface area contributed by atoms with Gasteiger partial charge in [0.15, 0.2) is 0 Å². The summed E-state index contributed by atoms with van der Waals surface area (Å²) in [4.78, 5) is 0. The van der Waals surface area contributed by atoms with Crippen molar-refractivity contribution in [3.63, 3.8) is 0 Å². The van der Waals surface area contributed by atoms with Gasteiger partial charge in [0.05, 0.1) is 8.07 Å². The molecule has 0 fully saturated rings. The van der Waals surface area contributed by atoms with Crippen molar-refractivity contribution < 1.29 is 0 Å². The molecule has 0 aliphatic heterocycles. The first kappa shape index (κ1) is 12.2. The lowest BCUT2D eigenvalue weighted by Crippen LogP contribution is -2.32. The van der Waals surface area contributed by atoms with Crippen LogP contribution in [0.5, 0.6) is 0 Å². The summed E-state index contributed by atoms with van der Waals surface area (Å²) in [6.07, 6.45) is 7.90. The Hall–Kier alpha value is -0.823. The molecule has 0 aromatic heterocycles. The van der Waals surface area contributed by atoms with Gasteiger partial charge in [0.2, 0.25) is 0 Å². The standard InChI is InChI=1S/C12H19Si/c1-5-9-13(10-6-2,11-7-3)12-8-4/h5-9H,1-4,10-12H2/i10+2. The first-order valence-corrected chi connectivity index (χ1v) is 7.24. The van der Waals surface area contributed by atoms with Crippen molar-refractivity contribution in [3.05, 3.63) is 56.7 Å². The lowest BCUT2D eigenvalue weighted by Gasteiger charge is -2.26. The van der Waals surface area contributed by atoms with E-state index in [2.05, 4.69) is 32.4 Å². The molecule has 0 aromatic carbocycles. The predicted octanol–water partition coefficient (Wildman–Crippen LogP) is 3.92. The fourth-order valence-electron chi connectivity index (χ4n) is 1.57. The first-order chi connectivity index (χ1) is 6.24. The Morgan fingerprint density at radius 1 is 1.00 bits per heavy atom. The third kappa shape index (κ3) is 4.09. The van der Waals surface area contributed by atoms with E-state index in [4.69, 9.17) is 0 Å². The zero-order chi connectivity index (χ0) is 10.2. The van der Waals surface area contributed by atoms with Gasteiger partial charge in [-0.15, -0.1) is 26.3 Å². The molecule has 0 unspecified atom stereocenters. The third-order valence-corrected chi connectivity index (χ3v) is 6.37. The van der Waals surface area contributed by atoms with Gasteiger partial charge < -0.3 is 0 Å². The molecule has 0 bridgehead atoms. The second-order valence-corrected chi connectivity index (χ2v) is 7.53. The van der Waals surface area contributed by atoms with Gasteiger partial charge >= 0.3 is 0 Å². The molecule has 0 amide bonds. The molecular formula is C12H19Si. The minimum Gasteiger partial charge on any atom is -0.103 e. The quantitative estimate of drug-likeness (QED) is 0.405. The van der Waals surface area contributed by atoms with Crippen molar-refractivity contribution in [1.29, 1.82) is 0 Å².